The van der Waals surface area contributed by atoms with E-state index in [1.54, 1.807) is 37.1 Å². The molecule has 110 valence electrons. The number of hydrogen-bond donors (Lipinski definition) is 2. The van der Waals surface area contributed by atoms with Crippen LogP contribution in [0.1, 0.15) is 24.2 Å². The molecule has 0 unspecified atom stereocenters. The minimum Gasteiger partial charge on any atom is -0.462 e. The molecule has 0 aliphatic heterocycles. The zero-order valence-electron chi connectivity index (χ0n) is 12.1. The monoisotopic (exact) mass is 279 g/mol. The molecule has 1 aromatic rings. The number of para-hydroxylation sites is 1. The standard InChI is InChI=1S/C14H21N3O3/c1-4-16-12(18)9-17(3)11-8-6-7-10(13(11)15)14(19)20-5-2/h6-8H,4-5,9,15H2,1-3H3,(H,16,18). The molecule has 1 rings (SSSR count). The molecule has 3 N–H and O–H groups in total. The van der Waals surface area contributed by atoms with E-state index in [1.807, 2.05) is 6.92 Å². The lowest BCUT2D eigenvalue weighted by atomic mass is 10.1. The maximum Gasteiger partial charge on any atom is 0.340 e. The van der Waals surface area contributed by atoms with Crippen LogP contribution in [0.4, 0.5) is 11.4 Å². The number of carbonyl (C=O) groups excluding carboxylic acids is 2. The van der Waals surface area contributed by atoms with E-state index in [-0.39, 0.29) is 19.1 Å². The van der Waals surface area contributed by atoms with Crippen molar-refractivity contribution in [2.45, 2.75) is 13.8 Å². The first-order valence-corrected chi connectivity index (χ1v) is 6.54. The lowest BCUT2D eigenvalue weighted by Gasteiger charge is -2.21. The number of esters is 1. The summed E-state index contributed by atoms with van der Waals surface area (Å²) in [5.74, 6) is -0.561. The Labute approximate surface area is 118 Å². The highest BCUT2D eigenvalue weighted by molar-refractivity contribution is 5.99. The minimum absolute atomic E-state index is 0.101. The number of amides is 1. The summed E-state index contributed by atoms with van der Waals surface area (Å²) in [6, 6.07) is 5.08. The minimum atomic E-state index is -0.460. The van der Waals surface area contributed by atoms with Gasteiger partial charge in [0, 0.05) is 13.6 Å². The maximum atomic E-state index is 11.8. The number of nitrogens with one attached hydrogen (secondary N) is 1. The highest BCUT2D eigenvalue weighted by Crippen LogP contribution is 2.26. The number of nitrogens with two attached hydrogens (primary N) is 1. The quantitative estimate of drug-likeness (QED) is 0.600. The number of carbonyl (C=O) groups is 2. The van der Waals surface area contributed by atoms with Crippen molar-refractivity contribution in [1.82, 2.24) is 5.32 Å². The van der Waals surface area contributed by atoms with Crippen LogP contribution in [0.25, 0.3) is 0 Å². The summed E-state index contributed by atoms with van der Waals surface area (Å²) >= 11 is 0. The average molecular weight is 279 g/mol. The van der Waals surface area contributed by atoms with Gasteiger partial charge in [0.05, 0.1) is 30.1 Å². The first-order valence-electron chi connectivity index (χ1n) is 6.54. The van der Waals surface area contributed by atoms with Crippen LogP contribution in [-0.4, -0.2) is 38.6 Å². The van der Waals surface area contributed by atoms with Gasteiger partial charge in [-0.3, -0.25) is 4.79 Å². The number of nitrogens with zero attached hydrogens (tertiary/aromatic N) is 1. The molecule has 0 bridgehead atoms. The maximum absolute atomic E-state index is 11.8. The number of hydrogen-bond acceptors (Lipinski definition) is 5. The Bertz CT molecular complexity index is 489. The van der Waals surface area contributed by atoms with Gasteiger partial charge in [-0.05, 0) is 26.0 Å². The van der Waals surface area contributed by atoms with Gasteiger partial charge >= 0.3 is 5.97 Å². The summed E-state index contributed by atoms with van der Waals surface area (Å²) in [4.78, 5) is 25.0. The van der Waals surface area contributed by atoms with Gasteiger partial charge < -0.3 is 20.7 Å². The fourth-order valence-corrected chi connectivity index (χ4v) is 1.83. The molecular formula is C14H21N3O3. The van der Waals surface area contributed by atoms with Gasteiger partial charge in [-0.1, -0.05) is 6.07 Å². The second kappa shape index (κ2) is 7.37. The fourth-order valence-electron chi connectivity index (χ4n) is 1.83. The third kappa shape index (κ3) is 3.88. The largest absolute Gasteiger partial charge is 0.462 e. The van der Waals surface area contributed by atoms with E-state index in [0.29, 0.717) is 23.5 Å². The Morgan fingerprint density at radius 2 is 2.05 bits per heavy atom. The number of anilines is 2. The number of ether oxygens (including phenoxy) is 1. The molecule has 0 heterocycles. The summed E-state index contributed by atoms with van der Waals surface area (Å²) < 4.78 is 4.95. The van der Waals surface area contributed by atoms with Crippen LogP contribution in [0.3, 0.4) is 0 Å². The molecule has 0 radical (unpaired) electrons. The van der Waals surface area contributed by atoms with E-state index in [0.717, 1.165) is 0 Å². The molecule has 1 aromatic carbocycles. The van der Waals surface area contributed by atoms with Gasteiger partial charge in [0.15, 0.2) is 0 Å². The van der Waals surface area contributed by atoms with Crippen molar-refractivity contribution in [1.29, 1.82) is 0 Å². The molecule has 0 aromatic heterocycles. The molecule has 0 saturated carbocycles. The van der Waals surface area contributed by atoms with E-state index in [9.17, 15) is 9.59 Å². The van der Waals surface area contributed by atoms with Crippen LogP contribution >= 0.6 is 0 Å². The van der Waals surface area contributed by atoms with Gasteiger partial charge in [0.1, 0.15) is 0 Å². The normalized spacial score (nSPS) is 9.95. The molecule has 0 atom stereocenters. The van der Waals surface area contributed by atoms with Gasteiger partial charge in [0.25, 0.3) is 0 Å². The molecule has 0 aliphatic carbocycles. The highest BCUT2D eigenvalue weighted by Gasteiger charge is 2.16. The first-order chi connectivity index (χ1) is 9.51. The van der Waals surface area contributed by atoms with Crippen molar-refractivity contribution >= 4 is 23.3 Å². The van der Waals surface area contributed by atoms with Crippen LogP contribution < -0.4 is 16.0 Å². The number of likely N-dealkylation sites (N-methyl/N-ethyl adjacent to an activating group) is 2. The number of nitrogen functional groups attached to an aromatic ring is 1. The Morgan fingerprint density at radius 1 is 1.35 bits per heavy atom. The molecule has 0 saturated heterocycles. The Kier molecular flexibility index (Phi) is 5.83. The van der Waals surface area contributed by atoms with E-state index in [4.69, 9.17) is 10.5 Å². The second-order valence-corrected chi connectivity index (χ2v) is 4.27. The Balaban J connectivity index is 2.93. The highest BCUT2D eigenvalue weighted by atomic mass is 16.5. The lowest BCUT2D eigenvalue weighted by molar-refractivity contribution is -0.119. The predicted molar refractivity (Wildman–Crippen MR) is 78.8 cm³/mol. The molecule has 0 spiro atoms. The summed E-state index contributed by atoms with van der Waals surface area (Å²) in [5, 5.41) is 2.71. The average Bonchev–Trinajstić information content (AvgIpc) is 2.39. The molecular weight excluding hydrogens is 258 g/mol. The second-order valence-electron chi connectivity index (χ2n) is 4.27. The Morgan fingerprint density at radius 3 is 2.65 bits per heavy atom. The van der Waals surface area contributed by atoms with E-state index in [2.05, 4.69) is 5.32 Å². The van der Waals surface area contributed by atoms with Crippen molar-refractivity contribution in [3.8, 4) is 0 Å². The van der Waals surface area contributed by atoms with Crippen molar-refractivity contribution in [2.24, 2.45) is 0 Å². The smallest absolute Gasteiger partial charge is 0.340 e. The Hall–Kier alpha value is -2.24. The van der Waals surface area contributed by atoms with E-state index >= 15 is 0 Å². The summed E-state index contributed by atoms with van der Waals surface area (Å²) in [6.07, 6.45) is 0. The molecule has 0 fully saturated rings. The van der Waals surface area contributed by atoms with Crippen molar-refractivity contribution in [2.75, 3.05) is 37.4 Å². The van der Waals surface area contributed by atoms with Crippen LogP contribution in [0.5, 0.6) is 0 Å². The van der Waals surface area contributed by atoms with Crippen molar-refractivity contribution in [3.05, 3.63) is 23.8 Å². The zero-order chi connectivity index (χ0) is 15.1. The first kappa shape index (κ1) is 15.8. The summed E-state index contributed by atoms with van der Waals surface area (Å²) in [6.45, 7) is 4.62. The SMILES string of the molecule is CCNC(=O)CN(C)c1cccc(C(=O)OCC)c1N. The fraction of sp³-hybridized carbons (Fsp3) is 0.429. The van der Waals surface area contributed by atoms with Crippen LogP contribution in [-0.2, 0) is 9.53 Å². The van der Waals surface area contributed by atoms with Gasteiger partial charge in [-0.15, -0.1) is 0 Å². The van der Waals surface area contributed by atoms with Crippen LogP contribution in [0.2, 0.25) is 0 Å². The zero-order valence-corrected chi connectivity index (χ0v) is 12.1. The molecule has 0 aliphatic rings. The topological polar surface area (TPSA) is 84.7 Å². The molecule has 6 heteroatoms. The van der Waals surface area contributed by atoms with Crippen molar-refractivity contribution in [3.63, 3.8) is 0 Å². The predicted octanol–water partition coefficient (Wildman–Crippen LogP) is 1.02. The van der Waals surface area contributed by atoms with Crippen LogP contribution in [0.15, 0.2) is 18.2 Å². The van der Waals surface area contributed by atoms with E-state index in [1.165, 1.54) is 0 Å². The number of rotatable bonds is 6. The molecule has 6 nitrogen and oxygen atoms in total. The van der Waals surface area contributed by atoms with Crippen molar-refractivity contribution < 1.29 is 14.3 Å². The lowest BCUT2D eigenvalue weighted by Crippen LogP contribution is -2.35. The van der Waals surface area contributed by atoms with E-state index < -0.39 is 5.97 Å². The number of benzene rings is 1. The van der Waals surface area contributed by atoms with Gasteiger partial charge in [-0.2, -0.15) is 0 Å². The third-order valence-corrected chi connectivity index (χ3v) is 2.74. The molecule has 1 amide bonds. The van der Waals surface area contributed by atoms with Crippen LogP contribution in [0, 0.1) is 0 Å². The molecule has 20 heavy (non-hydrogen) atoms. The summed E-state index contributed by atoms with van der Waals surface area (Å²) in [5.41, 5.74) is 7.25. The summed E-state index contributed by atoms with van der Waals surface area (Å²) in [7, 11) is 1.75. The van der Waals surface area contributed by atoms with Gasteiger partial charge in [-0.25, -0.2) is 4.79 Å². The van der Waals surface area contributed by atoms with Gasteiger partial charge in [0.2, 0.25) is 5.91 Å². The third-order valence-electron chi connectivity index (χ3n) is 2.74.